The molecule has 0 aliphatic heterocycles. The van der Waals surface area contributed by atoms with Gasteiger partial charge in [-0.1, -0.05) is 0 Å². The van der Waals surface area contributed by atoms with E-state index in [4.69, 9.17) is 4.98 Å². The second-order valence-electron chi connectivity index (χ2n) is 11.6. The number of benzene rings is 3. The molecule has 1 aromatic heterocycles. The summed E-state index contributed by atoms with van der Waals surface area (Å²) in [6.45, 7) is 7.15. The van der Waals surface area contributed by atoms with Gasteiger partial charge in [-0.2, -0.15) is 0 Å². The Morgan fingerprint density at radius 1 is 0.784 bits per heavy atom. The van der Waals surface area contributed by atoms with Gasteiger partial charge < -0.3 is 0 Å². The molecule has 3 aromatic carbocycles. The van der Waals surface area contributed by atoms with Gasteiger partial charge in [-0.15, -0.1) is 24.8 Å². The minimum Gasteiger partial charge on any atom is -0.147 e. The zero-order valence-corrected chi connectivity index (χ0v) is 27.5. The van der Waals surface area contributed by atoms with E-state index in [1.807, 2.05) is 12.3 Å². The molecule has 0 spiro atoms. The molecule has 0 amide bonds. The number of halogens is 2. The summed E-state index contributed by atoms with van der Waals surface area (Å²) < 4.78 is 6.58. The number of nitrogens with zero attached hydrogens (tertiary/aromatic N) is 1. The van der Waals surface area contributed by atoms with Crippen LogP contribution >= 0.6 is 24.8 Å². The van der Waals surface area contributed by atoms with Crippen molar-refractivity contribution in [2.24, 2.45) is 0 Å². The summed E-state index contributed by atoms with van der Waals surface area (Å²) in [6.07, 6.45) is 8.02. The van der Waals surface area contributed by atoms with Crippen LogP contribution in [-0.2, 0) is 17.4 Å². The predicted octanol–water partition coefficient (Wildman–Crippen LogP) is 9.09. The van der Waals surface area contributed by atoms with Crippen molar-refractivity contribution in [3.63, 3.8) is 0 Å². The molecule has 1 nitrogen and oxygen atoms in total. The van der Waals surface area contributed by atoms with Gasteiger partial charge in [0.25, 0.3) is 0 Å². The Hall–Kier alpha value is -1.77. The van der Waals surface area contributed by atoms with Crippen LogP contribution in [-0.4, -0.2) is 11.9 Å². The molecule has 0 bridgehead atoms. The van der Waals surface area contributed by atoms with Crippen LogP contribution in [0, 0.1) is 0 Å². The molecule has 0 saturated heterocycles. The maximum Gasteiger partial charge on any atom is -0.147 e. The normalized spacial score (nSPS) is 18.3. The van der Waals surface area contributed by atoms with E-state index in [-0.39, 0.29) is 24.8 Å². The van der Waals surface area contributed by atoms with E-state index >= 15 is 0 Å². The van der Waals surface area contributed by atoms with E-state index in [0.29, 0.717) is 7.25 Å². The molecule has 4 aromatic rings. The first-order valence-electron chi connectivity index (χ1n) is 12.8. The first kappa shape index (κ1) is 28.2. The Kier molecular flexibility index (Phi) is 7.70. The molecule has 2 aliphatic carbocycles. The molecule has 2 atom stereocenters. The van der Waals surface area contributed by atoms with Crippen molar-refractivity contribution in [2.75, 3.05) is 0 Å². The minimum absolute atomic E-state index is 0. The van der Waals surface area contributed by atoms with Crippen molar-refractivity contribution >= 4 is 54.7 Å². The molecule has 0 saturated carbocycles. The molecule has 5 heteroatoms. The van der Waals surface area contributed by atoms with E-state index in [2.05, 4.69) is 109 Å². The predicted molar refractivity (Wildman–Crippen MR) is 166 cm³/mol. The molecule has 0 N–H and O–H groups in total. The number of fused-ring (bicyclic) bond motifs is 3. The molecular formula is C32H35Cl2NSiZr. The molecule has 0 radical (unpaired) electrons. The van der Waals surface area contributed by atoms with Gasteiger partial charge in [0.15, 0.2) is 0 Å². The summed E-state index contributed by atoms with van der Waals surface area (Å²) in [7, 11) is 0. The van der Waals surface area contributed by atoms with Crippen molar-refractivity contribution in [3.8, 4) is 11.1 Å². The number of para-hydroxylation sites is 1. The van der Waals surface area contributed by atoms with E-state index in [9.17, 15) is 0 Å². The first-order chi connectivity index (χ1) is 16.8. The third-order valence-electron chi connectivity index (χ3n) is 8.52. The summed E-state index contributed by atoms with van der Waals surface area (Å²) in [5.74, 6) is 0. The van der Waals surface area contributed by atoms with Gasteiger partial charge in [-0.05, 0) is 0 Å². The van der Waals surface area contributed by atoms with Crippen LogP contribution in [0.3, 0.4) is 0 Å². The van der Waals surface area contributed by atoms with Gasteiger partial charge in [-0.25, -0.2) is 0 Å². The average molecular weight is 624 g/mol. The Morgan fingerprint density at radius 3 is 2.24 bits per heavy atom. The van der Waals surface area contributed by atoms with Crippen LogP contribution < -0.4 is 0 Å². The molecular weight excluding hydrogens is 589 g/mol. The summed E-state index contributed by atoms with van der Waals surface area (Å²) in [5.41, 5.74) is 12.8. The molecule has 2 aliphatic rings. The van der Waals surface area contributed by atoms with Crippen LogP contribution in [0.4, 0.5) is 0 Å². The SMILES string of the molecule is CCC1=Cc2c(-c3cccc4cccnc34)cccc2[CH]1[Zr]([CH3])([CH3])(=[SiH2])[CH]1C(C)=Cc2ccccc21.Cl.Cl. The van der Waals surface area contributed by atoms with E-state index in [1.54, 1.807) is 22.3 Å². The third-order valence-corrected chi connectivity index (χ3v) is 26.2. The fourth-order valence-electron chi connectivity index (χ4n) is 7.35. The second kappa shape index (κ2) is 10.1. The maximum absolute atomic E-state index is 4.79. The number of hydrogen-bond donors (Lipinski definition) is 0. The van der Waals surface area contributed by atoms with Crippen LogP contribution in [0.1, 0.15) is 49.8 Å². The van der Waals surface area contributed by atoms with Gasteiger partial charge in [-0.3, -0.25) is 0 Å². The summed E-state index contributed by atoms with van der Waals surface area (Å²) in [4.78, 5) is 4.79. The third kappa shape index (κ3) is 4.37. The Labute approximate surface area is 235 Å². The Morgan fingerprint density at radius 2 is 1.46 bits per heavy atom. The number of pyridine rings is 1. The molecule has 0 fully saturated rings. The number of allylic oxidation sites excluding steroid dienone is 2. The largest absolute Gasteiger partial charge is 0.147 e. The summed E-state index contributed by atoms with van der Waals surface area (Å²) >= 11 is -3.44. The van der Waals surface area contributed by atoms with Crippen molar-refractivity contribution in [1.29, 1.82) is 0 Å². The molecule has 190 valence electrons. The minimum atomic E-state index is -3.44. The van der Waals surface area contributed by atoms with Crippen molar-refractivity contribution < 1.29 is 17.4 Å². The zero-order valence-electron chi connectivity index (χ0n) is 22.0. The summed E-state index contributed by atoms with van der Waals surface area (Å²) in [6, 6.07) is 26.9. The number of aromatic nitrogens is 1. The van der Waals surface area contributed by atoms with E-state index in [0.717, 1.165) is 11.9 Å². The Balaban J connectivity index is 0.00000160. The fourth-order valence-corrected chi connectivity index (χ4v) is 28.1. The number of hydrogen-bond acceptors (Lipinski definition) is 1. The van der Waals surface area contributed by atoms with Crippen molar-refractivity contribution in [2.45, 2.75) is 36.8 Å². The number of rotatable bonds is 4. The quantitative estimate of drug-likeness (QED) is 0.207. The van der Waals surface area contributed by atoms with E-state index in [1.165, 1.54) is 27.6 Å². The van der Waals surface area contributed by atoms with E-state index < -0.39 is 17.4 Å². The van der Waals surface area contributed by atoms with Crippen LogP contribution in [0.25, 0.3) is 34.2 Å². The molecule has 1 heterocycles. The van der Waals surface area contributed by atoms with Crippen LogP contribution in [0.5, 0.6) is 0 Å². The fraction of sp³-hybridized carbons (Fsp3) is 0.219. The van der Waals surface area contributed by atoms with Crippen molar-refractivity contribution in [1.82, 2.24) is 4.98 Å². The smallest absolute Gasteiger partial charge is 0.147 e. The zero-order chi connectivity index (χ0) is 24.4. The van der Waals surface area contributed by atoms with Gasteiger partial charge in [0.2, 0.25) is 0 Å². The second-order valence-corrected chi connectivity index (χ2v) is 42.1. The van der Waals surface area contributed by atoms with Gasteiger partial charge >= 0.3 is 213 Å². The van der Waals surface area contributed by atoms with Crippen LogP contribution in [0.2, 0.25) is 9.26 Å². The first-order valence-corrected chi connectivity index (χ1v) is 26.5. The molecule has 6 rings (SSSR count). The topological polar surface area (TPSA) is 12.9 Å². The van der Waals surface area contributed by atoms with Crippen LogP contribution in [0.15, 0.2) is 90.1 Å². The maximum atomic E-state index is 4.79. The Bertz CT molecular complexity index is 1640. The molecule has 37 heavy (non-hydrogen) atoms. The average Bonchev–Trinajstić information content (AvgIpc) is 3.41. The standard InChI is InChI=1S/C20H16N.C10H9.2CH3.2ClH.H2Si.Zr/c1-2-14-12-16-7-4-9-17(19(16)13-14)18-10-3-6-15-8-5-11-21-20(15)18;1-8-6-9-4-2-3-5-10(9)7-8;;;;;;/h3-13H,2H2,1H3;2-7H,1H3;2*1H3;2*1H;1H2;. The van der Waals surface area contributed by atoms with Gasteiger partial charge in [0.1, 0.15) is 0 Å². The monoisotopic (exact) mass is 621 g/mol. The molecule has 2 unspecified atom stereocenters. The van der Waals surface area contributed by atoms with Crippen molar-refractivity contribution in [3.05, 3.63) is 112 Å². The van der Waals surface area contributed by atoms with Gasteiger partial charge in [0, 0.05) is 0 Å². The van der Waals surface area contributed by atoms with Gasteiger partial charge in [0.05, 0.1) is 0 Å². The summed E-state index contributed by atoms with van der Waals surface area (Å²) in [5, 5.41) is 1.20.